The molecule has 0 aromatic carbocycles. The van der Waals surface area contributed by atoms with Crippen LogP contribution in [0.2, 0.25) is 0 Å². The molecule has 0 spiro atoms. The molecule has 1 aliphatic heterocycles. The number of aromatic nitrogens is 2. The van der Waals surface area contributed by atoms with E-state index >= 15 is 0 Å². The van der Waals surface area contributed by atoms with Crippen LogP contribution in [0.4, 0.5) is 6.01 Å². The number of anilines is 1. The van der Waals surface area contributed by atoms with Crippen molar-refractivity contribution >= 4 is 6.01 Å². The zero-order chi connectivity index (χ0) is 13.7. The van der Waals surface area contributed by atoms with E-state index in [1.807, 2.05) is 14.0 Å². The Kier molecular flexibility index (Phi) is 5.15. The van der Waals surface area contributed by atoms with Crippen LogP contribution in [-0.2, 0) is 4.74 Å². The zero-order valence-electron chi connectivity index (χ0n) is 12.1. The zero-order valence-corrected chi connectivity index (χ0v) is 12.1. The summed E-state index contributed by atoms with van der Waals surface area (Å²) in [6.45, 7) is 6.75. The van der Waals surface area contributed by atoms with Gasteiger partial charge in [0.05, 0.1) is 6.04 Å². The van der Waals surface area contributed by atoms with Crippen LogP contribution in [0.25, 0.3) is 0 Å². The Morgan fingerprint density at radius 3 is 2.79 bits per heavy atom. The lowest BCUT2D eigenvalue weighted by Gasteiger charge is -2.29. The fourth-order valence-electron chi connectivity index (χ4n) is 2.22. The Balaban J connectivity index is 1.95. The van der Waals surface area contributed by atoms with Crippen molar-refractivity contribution in [1.29, 1.82) is 0 Å². The van der Waals surface area contributed by atoms with E-state index in [9.17, 15) is 0 Å². The van der Waals surface area contributed by atoms with Gasteiger partial charge in [0.15, 0.2) is 0 Å². The van der Waals surface area contributed by atoms with Gasteiger partial charge in [0.25, 0.3) is 0 Å². The van der Waals surface area contributed by atoms with Gasteiger partial charge in [-0.1, -0.05) is 12.0 Å². The van der Waals surface area contributed by atoms with Crippen LogP contribution in [0.15, 0.2) is 4.42 Å². The molecule has 1 fully saturated rings. The van der Waals surface area contributed by atoms with Crippen LogP contribution in [-0.4, -0.2) is 43.0 Å². The molecule has 1 aromatic rings. The third-order valence-corrected chi connectivity index (χ3v) is 3.54. The third-order valence-electron chi connectivity index (χ3n) is 3.54. The topological polar surface area (TPSA) is 63.4 Å². The predicted octanol–water partition coefficient (Wildman–Crippen LogP) is 1.75. The molecule has 1 aliphatic rings. The molecule has 6 heteroatoms. The number of ether oxygens (including phenoxy) is 1. The largest absolute Gasteiger partial charge is 0.406 e. The lowest BCUT2D eigenvalue weighted by molar-refractivity contribution is 0.0845. The Bertz CT molecular complexity index is 376. The summed E-state index contributed by atoms with van der Waals surface area (Å²) in [6, 6.07) is 1.14. The lowest BCUT2D eigenvalue weighted by atomic mass is 10.1. The molecule has 0 bridgehead atoms. The van der Waals surface area contributed by atoms with Crippen LogP contribution in [0.1, 0.15) is 45.0 Å². The summed E-state index contributed by atoms with van der Waals surface area (Å²) in [5.41, 5.74) is 0. The van der Waals surface area contributed by atoms with Gasteiger partial charge >= 0.3 is 6.01 Å². The van der Waals surface area contributed by atoms with Gasteiger partial charge in [-0.15, -0.1) is 5.10 Å². The van der Waals surface area contributed by atoms with Gasteiger partial charge in [0.1, 0.15) is 0 Å². The van der Waals surface area contributed by atoms with E-state index in [1.165, 1.54) is 0 Å². The summed E-state index contributed by atoms with van der Waals surface area (Å²) in [4.78, 5) is 2.07. The van der Waals surface area contributed by atoms with Gasteiger partial charge in [-0.25, -0.2) is 0 Å². The summed E-state index contributed by atoms with van der Waals surface area (Å²) in [5, 5.41) is 11.6. The Hall–Kier alpha value is -1.14. The van der Waals surface area contributed by atoms with Gasteiger partial charge in [-0.2, -0.15) is 0 Å². The van der Waals surface area contributed by atoms with Crippen molar-refractivity contribution in [3.63, 3.8) is 0 Å². The summed E-state index contributed by atoms with van der Waals surface area (Å²) in [6.07, 6.45) is 3.11. The quantitative estimate of drug-likeness (QED) is 0.848. The first-order valence-corrected chi connectivity index (χ1v) is 7.09. The molecule has 108 valence electrons. The Labute approximate surface area is 114 Å². The predicted molar refractivity (Wildman–Crippen MR) is 73.3 cm³/mol. The molecular weight excluding hydrogens is 244 g/mol. The van der Waals surface area contributed by atoms with E-state index in [0.29, 0.717) is 17.9 Å². The summed E-state index contributed by atoms with van der Waals surface area (Å²) < 4.78 is 11.1. The molecule has 1 unspecified atom stereocenters. The minimum absolute atomic E-state index is 0.101. The molecule has 0 saturated carbocycles. The number of rotatable bonds is 6. The molecule has 1 N–H and O–H groups in total. The lowest BCUT2D eigenvalue weighted by Crippen LogP contribution is -2.36. The second-order valence-electron chi connectivity index (χ2n) is 5.05. The van der Waals surface area contributed by atoms with E-state index in [1.54, 1.807) is 0 Å². The van der Waals surface area contributed by atoms with Crippen molar-refractivity contribution in [2.24, 2.45) is 0 Å². The van der Waals surface area contributed by atoms with Gasteiger partial charge < -0.3 is 19.4 Å². The van der Waals surface area contributed by atoms with Crippen LogP contribution in [0.3, 0.4) is 0 Å². The third kappa shape index (κ3) is 3.67. The molecule has 2 rings (SSSR count). The number of nitrogens with one attached hydrogen (secondary N) is 1. The van der Waals surface area contributed by atoms with Crippen LogP contribution in [0, 0.1) is 0 Å². The maximum Gasteiger partial charge on any atom is 0.318 e. The first-order valence-electron chi connectivity index (χ1n) is 7.09. The van der Waals surface area contributed by atoms with E-state index in [4.69, 9.17) is 9.15 Å². The molecular formula is C13H24N4O2. The maximum absolute atomic E-state index is 5.76. The molecule has 0 amide bonds. The minimum atomic E-state index is 0.101. The van der Waals surface area contributed by atoms with Gasteiger partial charge in [-0.3, -0.25) is 0 Å². The molecule has 6 nitrogen and oxygen atoms in total. The molecule has 19 heavy (non-hydrogen) atoms. The average molecular weight is 268 g/mol. The van der Waals surface area contributed by atoms with Gasteiger partial charge in [0.2, 0.25) is 5.89 Å². The van der Waals surface area contributed by atoms with Gasteiger partial charge in [0, 0.05) is 26.3 Å². The number of hydrogen-bond acceptors (Lipinski definition) is 6. The Morgan fingerprint density at radius 2 is 2.11 bits per heavy atom. The fourth-order valence-corrected chi connectivity index (χ4v) is 2.22. The first-order chi connectivity index (χ1) is 9.22. The average Bonchev–Trinajstić information content (AvgIpc) is 2.94. The molecule has 1 saturated heterocycles. The summed E-state index contributed by atoms with van der Waals surface area (Å²) in [7, 11) is 2.01. The second-order valence-corrected chi connectivity index (χ2v) is 5.05. The van der Waals surface area contributed by atoms with Gasteiger partial charge in [-0.05, 0) is 32.7 Å². The summed E-state index contributed by atoms with van der Waals surface area (Å²) in [5.74, 6) is 0.655. The highest BCUT2D eigenvalue weighted by atomic mass is 16.5. The smallest absolute Gasteiger partial charge is 0.318 e. The van der Waals surface area contributed by atoms with E-state index in [-0.39, 0.29) is 6.04 Å². The van der Waals surface area contributed by atoms with Crippen molar-refractivity contribution in [1.82, 2.24) is 15.5 Å². The van der Waals surface area contributed by atoms with Crippen LogP contribution >= 0.6 is 0 Å². The van der Waals surface area contributed by atoms with E-state index in [2.05, 4.69) is 27.3 Å². The highest BCUT2D eigenvalue weighted by molar-refractivity contribution is 5.25. The molecule has 1 aromatic heterocycles. The van der Waals surface area contributed by atoms with Crippen LogP contribution < -0.4 is 10.2 Å². The van der Waals surface area contributed by atoms with Crippen molar-refractivity contribution < 1.29 is 9.15 Å². The molecule has 0 aliphatic carbocycles. The van der Waals surface area contributed by atoms with Crippen LogP contribution in [0.5, 0.6) is 0 Å². The second kappa shape index (κ2) is 6.86. The number of hydrogen-bond donors (Lipinski definition) is 1. The van der Waals surface area contributed by atoms with E-state index in [0.717, 1.165) is 39.0 Å². The van der Waals surface area contributed by atoms with Crippen molar-refractivity contribution in [2.75, 3.05) is 31.7 Å². The highest BCUT2D eigenvalue weighted by Gasteiger charge is 2.23. The highest BCUT2D eigenvalue weighted by Crippen LogP contribution is 2.21. The first kappa shape index (κ1) is 14.3. The number of nitrogens with zero attached hydrogens (tertiary/aromatic N) is 3. The van der Waals surface area contributed by atoms with Crippen molar-refractivity contribution in [3.8, 4) is 0 Å². The van der Waals surface area contributed by atoms with Crippen molar-refractivity contribution in [3.05, 3.63) is 5.89 Å². The monoisotopic (exact) mass is 268 g/mol. The summed E-state index contributed by atoms with van der Waals surface area (Å²) >= 11 is 0. The SMILES string of the molecule is CCCNC(C)c1nnc(N(C)C2CCOCC2)o1. The molecule has 0 radical (unpaired) electrons. The normalized spacial score (nSPS) is 18.5. The minimum Gasteiger partial charge on any atom is -0.406 e. The molecule has 2 heterocycles. The maximum atomic E-state index is 5.76. The standard InChI is InChI=1S/C13H24N4O2/c1-4-7-14-10(2)12-15-16-13(19-12)17(3)11-5-8-18-9-6-11/h10-11,14H,4-9H2,1-3H3. The fraction of sp³-hybridized carbons (Fsp3) is 0.846. The molecule has 1 atom stereocenters. The van der Waals surface area contributed by atoms with E-state index < -0.39 is 0 Å². The Morgan fingerprint density at radius 1 is 1.37 bits per heavy atom. The van der Waals surface area contributed by atoms with Crippen molar-refractivity contribution in [2.45, 2.75) is 45.2 Å².